The second kappa shape index (κ2) is 7.49. The Labute approximate surface area is 113 Å². The zero-order valence-electron chi connectivity index (χ0n) is 12.3. The molecular formula is C16H31NO. The van der Waals surface area contributed by atoms with Crippen molar-refractivity contribution in [3.63, 3.8) is 0 Å². The molecule has 1 N–H and O–H groups in total. The molecule has 106 valence electrons. The van der Waals surface area contributed by atoms with E-state index in [1.807, 2.05) is 0 Å². The van der Waals surface area contributed by atoms with E-state index >= 15 is 0 Å². The van der Waals surface area contributed by atoms with Crippen molar-refractivity contribution in [3.8, 4) is 0 Å². The van der Waals surface area contributed by atoms with Crippen LogP contribution in [0.1, 0.15) is 65.2 Å². The molecule has 2 fully saturated rings. The van der Waals surface area contributed by atoms with Gasteiger partial charge in [-0.1, -0.05) is 39.5 Å². The summed E-state index contributed by atoms with van der Waals surface area (Å²) in [4.78, 5) is 0. The van der Waals surface area contributed by atoms with Crippen LogP contribution in [-0.2, 0) is 4.74 Å². The highest BCUT2D eigenvalue weighted by molar-refractivity contribution is 4.77. The van der Waals surface area contributed by atoms with Crippen LogP contribution < -0.4 is 5.32 Å². The number of ether oxygens (including phenoxy) is 1. The first-order chi connectivity index (χ1) is 8.78. The highest BCUT2D eigenvalue weighted by Gasteiger charge is 2.22. The van der Waals surface area contributed by atoms with Gasteiger partial charge in [0.05, 0.1) is 6.10 Å². The molecule has 2 atom stereocenters. The molecule has 0 radical (unpaired) electrons. The van der Waals surface area contributed by atoms with Crippen LogP contribution in [0.15, 0.2) is 0 Å². The molecule has 1 saturated heterocycles. The zero-order chi connectivity index (χ0) is 12.8. The maximum Gasteiger partial charge on any atom is 0.0587 e. The van der Waals surface area contributed by atoms with Crippen LogP contribution in [0, 0.1) is 11.8 Å². The summed E-state index contributed by atoms with van der Waals surface area (Å²) in [7, 11) is 0. The van der Waals surface area contributed by atoms with Crippen LogP contribution >= 0.6 is 0 Å². The summed E-state index contributed by atoms with van der Waals surface area (Å²) >= 11 is 0. The van der Waals surface area contributed by atoms with Gasteiger partial charge < -0.3 is 10.1 Å². The van der Waals surface area contributed by atoms with Crippen LogP contribution in [0.25, 0.3) is 0 Å². The third-order valence-electron chi connectivity index (χ3n) is 4.94. The van der Waals surface area contributed by atoms with Crippen LogP contribution in [0.2, 0.25) is 0 Å². The highest BCUT2D eigenvalue weighted by atomic mass is 16.5. The van der Waals surface area contributed by atoms with E-state index in [0.29, 0.717) is 12.1 Å². The van der Waals surface area contributed by atoms with Gasteiger partial charge in [-0.05, 0) is 44.1 Å². The normalized spacial score (nSPS) is 37.7. The van der Waals surface area contributed by atoms with Gasteiger partial charge in [-0.15, -0.1) is 0 Å². The molecule has 2 nitrogen and oxygen atoms in total. The Balaban J connectivity index is 1.57. The first kappa shape index (κ1) is 14.3. The first-order valence-corrected chi connectivity index (χ1v) is 8.13. The second-order valence-electron chi connectivity index (χ2n) is 6.49. The quantitative estimate of drug-likeness (QED) is 0.805. The van der Waals surface area contributed by atoms with E-state index in [-0.39, 0.29) is 0 Å². The average molecular weight is 253 g/mol. The molecule has 1 saturated carbocycles. The van der Waals surface area contributed by atoms with Crippen molar-refractivity contribution in [2.75, 3.05) is 13.2 Å². The van der Waals surface area contributed by atoms with Gasteiger partial charge in [0.2, 0.25) is 0 Å². The van der Waals surface area contributed by atoms with E-state index in [2.05, 4.69) is 19.2 Å². The third kappa shape index (κ3) is 4.55. The molecule has 1 heterocycles. The summed E-state index contributed by atoms with van der Waals surface area (Å²) < 4.78 is 5.73. The van der Waals surface area contributed by atoms with Gasteiger partial charge in [0, 0.05) is 12.6 Å². The van der Waals surface area contributed by atoms with Gasteiger partial charge in [0.25, 0.3) is 0 Å². The lowest BCUT2D eigenvalue weighted by Gasteiger charge is -2.31. The monoisotopic (exact) mass is 253 g/mol. The molecule has 0 aromatic rings. The standard InChI is InChI=1S/C16H31NO/c1-3-16-12-15(9-11-18-16)17-10-8-14-6-4-13(2)5-7-14/h13-17H,3-12H2,1-2H3. The minimum Gasteiger partial charge on any atom is -0.378 e. The Morgan fingerprint density at radius 2 is 1.89 bits per heavy atom. The molecule has 2 aliphatic rings. The Hall–Kier alpha value is -0.0800. The number of rotatable bonds is 5. The van der Waals surface area contributed by atoms with Gasteiger partial charge in [-0.3, -0.25) is 0 Å². The Morgan fingerprint density at radius 1 is 1.11 bits per heavy atom. The molecule has 0 aromatic carbocycles. The van der Waals surface area contributed by atoms with Gasteiger partial charge in [-0.25, -0.2) is 0 Å². The largest absolute Gasteiger partial charge is 0.378 e. The summed E-state index contributed by atoms with van der Waals surface area (Å²) in [6.45, 7) is 6.81. The van der Waals surface area contributed by atoms with Crippen molar-refractivity contribution in [1.29, 1.82) is 0 Å². The van der Waals surface area contributed by atoms with Crippen molar-refractivity contribution >= 4 is 0 Å². The maximum absolute atomic E-state index is 5.73. The molecule has 2 unspecified atom stereocenters. The molecular weight excluding hydrogens is 222 g/mol. The van der Waals surface area contributed by atoms with Crippen molar-refractivity contribution in [1.82, 2.24) is 5.32 Å². The van der Waals surface area contributed by atoms with Crippen LogP contribution in [-0.4, -0.2) is 25.3 Å². The Kier molecular flexibility index (Phi) is 5.97. The van der Waals surface area contributed by atoms with Crippen molar-refractivity contribution in [3.05, 3.63) is 0 Å². The first-order valence-electron chi connectivity index (χ1n) is 8.13. The maximum atomic E-state index is 5.73. The van der Waals surface area contributed by atoms with Gasteiger partial charge in [0.15, 0.2) is 0 Å². The fourth-order valence-corrected chi connectivity index (χ4v) is 3.46. The van der Waals surface area contributed by atoms with Crippen LogP contribution in [0.3, 0.4) is 0 Å². The van der Waals surface area contributed by atoms with Crippen LogP contribution in [0.5, 0.6) is 0 Å². The highest BCUT2D eigenvalue weighted by Crippen LogP contribution is 2.30. The van der Waals surface area contributed by atoms with E-state index < -0.39 is 0 Å². The number of hydrogen-bond donors (Lipinski definition) is 1. The Morgan fingerprint density at radius 3 is 2.61 bits per heavy atom. The smallest absolute Gasteiger partial charge is 0.0587 e. The predicted molar refractivity (Wildman–Crippen MR) is 76.8 cm³/mol. The lowest BCUT2D eigenvalue weighted by Crippen LogP contribution is -2.39. The summed E-state index contributed by atoms with van der Waals surface area (Å²) in [6, 6.07) is 0.714. The lowest BCUT2D eigenvalue weighted by molar-refractivity contribution is -0.000227. The molecule has 0 bridgehead atoms. The number of nitrogens with one attached hydrogen (secondary N) is 1. The SMILES string of the molecule is CCC1CC(NCCC2CCC(C)CC2)CCO1. The molecule has 2 heteroatoms. The van der Waals surface area contributed by atoms with Gasteiger partial charge in [-0.2, -0.15) is 0 Å². The average Bonchev–Trinajstić information content (AvgIpc) is 2.41. The fourth-order valence-electron chi connectivity index (χ4n) is 3.46. The summed E-state index contributed by atoms with van der Waals surface area (Å²) in [5.41, 5.74) is 0. The topological polar surface area (TPSA) is 21.3 Å². The van der Waals surface area contributed by atoms with Gasteiger partial charge in [0.1, 0.15) is 0 Å². The third-order valence-corrected chi connectivity index (χ3v) is 4.94. The molecule has 0 amide bonds. The Bertz CT molecular complexity index is 223. The minimum absolute atomic E-state index is 0.506. The molecule has 2 rings (SSSR count). The van der Waals surface area contributed by atoms with E-state index in [0.717, 1.165) is 18.4 Å². The summed E-state index contributed by atoms with van der Waals surface area (Å²) in [5, 5.41) is 3.76. The van der Waals surface area contributed by atoms with E-state index in [4.69, 9.17) is 4.74 Å². The van der Waals surface area contributed by atoms with E-state index in [9.17, 15) is 0 Å². The van der Waals surface area contributed by atoms with E-state index in [1.54, 1.807) is 0 Å². The minimum atomic E-state index is 0.506. The molecule has 18 heavy (non-hydrogen) atoms. The lowest BCUT2D eigenvalue weighted by atomic mass is 9.81. The fraction of sp³-hybridized carbons (Fsp3) is 1.00. The number of hydrogen-bond acceptors (Lipinski definition) is 2. The molecule has 0 spiro atoms. The van der Waals surface area contributed by atoms with Gasteiger partial charge >= 0.3 is 0 Å². The van der Waals surface area contributed by atoms with Crippen molar-refractivity contribution in [2.24, 2.45) is 11.8 Å². The van der Waals surface area contributed by atoms with Crippen molar-refractivity contribution in [2.45, 2.75) is 77.4 Å². The second-order valence-corrected chi connectivity index (χ2v) is 6.49. The molecule has 1 aliphatic heterocycles. The van der Waals surface area contributed by atoms with Crippen LogP contribution in [0.4, 0.5) is 0 Å². The van der Waals surface area contributed by atoms with Crippen molar-refractivity contribution < 1.29 is 4.74 Å². The van der Waals surface area contributed by atoms with E-state index in [1.165, 1.54) is 57.9 Å². The summed E-state index contributed by atoms with van der Waals surface area (Å²) in [5.74, 6) is 1.98. The zero-order valence-corrected chi connectivity index (χ0v) is 12.3. The summed E-state index contributed by atoms with van der Waals surface area (Å²) in [6.07, 6.45) is 11.3. The predicted octanol–water partition coefficient (Wildman–Crippen LogP) is 3.75. The molecule has 1 aliphatic carbocycles. The molecule has 0 aromatic heterocycles.